The van der Waals surface area contributed by atoms with Crippen LogP contribution < -0.4 is 4.74 Å². The zero-order valence-electron chi connectivity index (χ0n) is 14.8. The zero-order valence-corrected chi connectivity index (χ0v) is 15.6. The van der Waals surface area contributed by atoms with Crippen molar-refractivity contribution in [2.45, 2.75) is 26.2 Å². The minimum absolute atomic E-state index is 0. The third kappa shape index (κ3) is 3.23. The van der Waals surface area contributed by atoms with E-state index in [9.17, 15) is 4.79 Å². The van der Waals surface area contributed by atoms with Gasteiger partial charge in [0.1, 0.15) is 5.75 Å². The van der Waals surface area contributed by atoms with E-state index >= 15 is 0 Å². The van der Waals surface area contributed by atoms with Crippen molar-refractivity contribution in [2.24, 2.45) is 5.41 Å². The van der Waals surface area contributed by atoms with Gasteiger partial charge < -0.3 is 19.4 Å². The fourth-order valence-electron chi connectivity index (χ4n) is 4.06. The predicted molar refractivity (Wildman–Crippen MR) is 99.8 cm³/mol. The molecule has 0 unspecified atom stereocenters. The number of esters is 1. The number of nitrogens with zero attached hydrogens (tertiary/aromatic N) is 1. The summed E-state index contributed by atoms with van der Waals surface area (Å²) in [5, 5.41) is 0.860. The molecule has 136 valence electrons. The largest absolute Gasteiger partial charge is 0.496 e. The Balaban J connectivity index is 0.00000182. The van der Waals surface area contributed by atoms with Gasteiger partial charge in [0.25, 0.3) is 0 Å². The first-order valence-corrected chi connectivity index (χ1v) is 8.65. The van der Waals surface area contributed by atoms with Crippen molar-refractivity contribution in [3.8, 4) is 5.75 Å². The number of hydrogen-bond donors (Lipinski definition) is 1. The van der Waals surface area contributed by atoms with E-state index in [1.165, 1.54) is 0 Å². The number of ether oxygens (including phenoxy) is 2. The molecule has 6 heteroatoms. The normalized spacial score (nSPS) is 24.8. The number of aryl methyl sites for hydroxylation is 1. The van der Waals surface area contributed by atoms with Crippen molar-refractivity contribution in [1.29, 1.82) is 0 Å². The number of aromatic amines is 1. The molecule has 2 aromatic rings. The van der Waals surface area contributed by atoms with Crippen LogP contribution in [0.15, 0.2) is 18.3 Å². The van der Waals surface area contributed by atoms with Crippen molar-refractivity contribution in [2.75, 3.05) is 33.4 Å². The maximum Gasteiger partial charge on any atom is 0.340 e. The van der Waals surface area contributed by atoms with Gasteiger partial charge in [-0.2, -0.15) is 0 Å². The molecule has 0 atom stereocenters. The Kier molecular flexibility index (Phi) is 4.98. The van der Waals surface area contributed by atoms with Gasteiger partial charge in [0.2, 0.25) is 0 Å². The van der Waals surface area contributed by atoms with Gasteiger partial charge in [-0.15, -0.1) is 12.4 Å². The van der Waals surface area contributed by atoms with Crippen molar-refractivity contribution in [1.82, 2.24) is 9.88 Å². The number of hydrogen-bond acceptors (Lipinski definition) is 4. The summed E-state index contributed by atoms with van der Waals surface area (Å²) in [7, 11) is 1.65. The lowest BCUT2D eigenvalue weighted by molar-refractivity contribution is -0.0304. The molecule has 3 aliphatic heterocycles. The number of carbonyl (C=O) groups is 1. The van der Waals surface area contributed by atoms with Crippen molar-refractivity contribution >= 4 is 29.3 Å². The average molecular weight is 365 g/mol. The van der Waals surface area contributed by atoms with E-state index in [4.69, 9.17) is 9.47 Å². The first-order valence-electron chi connectivity index (χ1n) is 8.65. The topological polar surface area (TPSA) is 54.6 Å². The highest BCUT2D eigenvalue weighted by Gasteiger charge is 2.40. The fourth-order valence-corrected chi connectivity index (χ4v) is 4.06. The highest BCUT2D eigenvalue weighted by atomic mass is 35.5. The first-order chi connectivity index (χ1) is 11.6. The van der Waals surface area contributed by atoms with E-state index in [0.29, 0.717) is 12.2 Å². The van der Waals surface area contributed by atoms with Crippen LogP contribution in [-0.2, 0) is 4.74 Å². The van der Waals surface area contributed by atoms with E-state index < -0.39 is 0 Å². The number of methoxy groups -OCH3 is 1. The maximum absolute atomic E-state index is 12.6. The van der Waals surface area contributed by atoms with Crippen LogP contribution in [0.2, 0.25) is 0 Å². The Hall–Kier alpha value is -1.72. The van der Waals surface area contributed by atoms with E-state index in [0.717, 1.165) is 61.1 Å². The molecule has 0 aliphatic carbocycles. The minimum atomic E-state index is -0.241. The second kappa shape index (κ2) is 6.89. The molecule has 1 aromatic carbocycles. The summed E-state index contributed by atoms with van der Waals surface area (Å²) in [6.07, 6.45) is 5.16. The monoisotopic (exact) mass is 364 g/mol. The van der Waals surface area contributed by atoms with Gasteiger partial charge in [-0.05, 0) is 63.5 Å². The van der Waals surface area contributed by atoms with Crippen LogP contribution in [-0.4, -0.2) is 49.2 Å². The third-order valence-corrected chi connectivity index (χ3v) is 5.80. The summed E-state index contributed by atoms with van der Waals surface area (Å²) in [5.41, 5.74) is 2.77. The molecule has 4 heterocycles. The lowest BCUT2D eigenvalue weighted by Crippen LogP contribution is -2.50. The second-order valence-electron chi connectivity index (χ2n) is 7.24. The van der Waals surface area contributed by atoms with Crippen LogP contribution in [0.3, 0.4) is 0 Å². The van der Waals surface area contributed by atoms with E-state index in [1.807, 2.05) is 19.1 Å². The van der Waals surface area contributed by atoms with Gasteiger partial charge in [-0.3, -0.25) is 0 Å². The van der Waals surface area contributed by atoms with E-state index in [2.05, 4.69) is 9.88 Å². The van der Waals surface area contributed by atoms with Crippen LogP contribution >= 0.6 is 12.4 Å². The van der Waals surface area contributed by atoms with Crippen LogP contribution in [0, 0.1) is 12.3 Å². The zero-order chi connectivity index (χ0) is 16.7. The average Bonchev–Trinajstić information content (AvgIpc) is 3.03. The number of carbonyl (C=O) groups excluding carboxylic acids is 1. The Bertz CT molecular complexity index is 765. The summed E-state index contributed by atoms with van der Waals surface area (Å²) in [5.74, 6) is 0.545. The summed E-state index contributed by atoms with van der Waals surface area (Å²) in [4.78, 5) is 18.3. The summed E-state index contributed by atoms with van der Waals surface area (Å²) in [6.45, 7) is 5.95. The van der Waals surface area contributed by atoms with Crippen LogP contribution in [0.5, 0.6) is 5.75 Å². The molecule has 1 N–H and O–H groups in total. The number of benzene rings is 1. The first kappa shape index (κ1) is 18.1. The molecule has 1 aromatic heterocycles. The highest BCUT2D eigenvalue weighted by Crippen LogP contribution is 2.40. The molecule has 0 radical (unpaired) electrons. The molecule has 3 saturated heterocycles. The Morgan fingerprint density at radius 1 is 1.24 bits per heavy atom. The van der Waals surface area contributed by atoms with Crippen molar-refractivity contribution < 1.29 is 14.3 Å². The smallest absolute Gasteiger partial charge is 0.340 e. The predicted octanol–water partition coefficient (Wildman–Crippen LogP) is 3.55. The number of aromatic nitrogens is 1. The summed E-state index contributed by atoms with van der Waals surface area (Å²) in [6, 6.07) is 3.91. The summed E-state index contributed by atoms with van der Waals surface area (Å²) < 4.78 is 11.1. The van der Waals surface area contributed by atoms with Gasteiger partial charge >= 0.3 is 5.97 Å². The number of nitrogens with one attached hydrogen (secondary N) is 1. The van der Waals surface area contributed by atoms with Crippen LogP contribution in [0.4, 0.5) is 0 Å². The standard InChI is InChI=1S/C19H24N2O3.ClH/c1-13-9-16-14(10-17(13)23-2)15(11-20-16)18(22)24-12-19-3-6-21(7-4-19)8-5-19;/h9-11,20H,3-8,12H2,1-2H3;1H. The molecule has 2 bridgehead atoms. The van der Waals surface area contributed by atoms with Gasteiger partial charge in [0, 0.05) is 22.5 Å². The van der Waals surface area contributed by atoms with Crippen molar-refractivity contribution in [3.63, 3.8) is 0 Å². The molecule has 3 aliphatic rings. The van der Waals surface area contributed by atoms with Crippen molar-refractivity contribution in [3.05, 3.63) is 29.5 Å². The van der Waals surface area contributed by atoms with E-state index in [-0.39, 0.29) is 23.8 Å². The molecule has 0 spiro atoms. The molecular formula is C19H25ClN2O3. The van der Waals surface area contributed by atoms with Gasteiger partial charge in [0.05, 0.1) is 19.3 Å². The quantitative estimate of drug-likeness (QED) is 0.843. The fraction of sp³-hybridized carbons (Fsp3) is 0.526. The van der Waals surface area contributed by atoms with Gasteiger partial charge in [0.15, 0.2) is 0 Å². The van der Waals surface area contributed by atoms with Crippen LogP contribution in [0.1, 0.15) is 35.2 Å². The third-order valence-electron chi connectivity index (χ3n) is 5.80. The van der Waals surface area contributed by atoms with Crippen LogP contribution in [0.25, 0.3) is 10.9 Å². The molecular weight excluding hydrogens is 340 g/mol. The number of piperidine rings is 3. The Labute approximate surface area is 154 Å². The Morgan fingerprint density at radius 3 is 2.56 bits per heavy atom. The lowest BCUT2D eigenvalue weighted by atomic mass is 9.73. The SMILES string of the molecule is COc1cc2c(C(=O)OCC34CCN(CC3)CC4)c[nH]c2cc1C.Cl. The molecule has 3 fully saturated rings. The molecule has 0 amide bonds. The Morgan fingerprint density at radius 2 is 1.92 bits per heavy atom. The van der Waals surface area contributed by atoms with Gasteiger partial charge in [-0.1, -0.05) is 0 Å². The molecule has 5 nitrogen and oxygen atoms in total. The number of halogens is 1. The number of rotatable bonds is 4. The maximum atomic E-state index is 12.6. The minimum Gasteiger partial charge on any atom is -0.496 e. The van der Waals surface area contributed by atoms with Gasteiger partial charge in [-0.25, -0.2) is 4.79 Å². The molecule has 5 rings (SSSR count). The number of fused-ring (bicyclic) bond motifs is 4. The molecule has 25 heavy (non-hydrogen) atoms. The number of H-pyrrole nitrogens is 1. The molecule has 0 saturated carbocycles. The lowest BCUT2D eigenvalue weighted by Gasteiger charge is -2.47. The second-order valence-corrected chi connectivity index (χ2v) is 7.24. The highest BCUT2D eigenvalue weighted by molar-refractivity contribution is 6.04. The van der Waals surface area contributed by atoms with E-state index in [1.54, 1.807) is 13.3 Å². The summed E-state index contributed by atoms with van der Waals surface area (Å²) >= 11 is 0.